The van der Waals surface area contributed by atoms with Crippen molar-refractivity contribution < 1.29 is 33.8 Å². The van der Waals surface area contributed by atoms with E-state index < -0.39 is 29.6 Å². The van der Waals surface area contributed by atoms with Gasteiger partial charge in [-0.15, -0.1) is 0 Å². The molecule has 0 aromatic heterocycles. The number of carboxylic acid groups (broad SMARTS) is 1. The summed E-state index contributed by atoms with van der Waals surface area (Å²) in [6.07, 6.45) is 0.607. The van der Waals surface area contributed by atoms with Crippen LogP contribution in [0.25, 0.3) is 0 Å². The average molecular weight is 495 g/mol. The Balaban J connectivity index is 2.95. The Kier molecular flexibility index (Phi) is 12.2. The molecule has 1 aromatic rings. The van der Waals surface area contributed by atoms with Crippen LogP contribution in [0.1, 0.15) is 33.3 Å². The summed E-state index contributed by atoms with van der Waals surface area (Å²) >= 11 is 1.36. The number of hydrogen-bond acceptors (Lipinski definition) is 7. The molecule has 0 aliphatic carbocycles. The van der Waals surface area contributed by atoms with Crippen molar-refractivity contribution >= 4 is 35.3 Å². The highest BCUT2D eigenvalue weighted by Gasteiger charge is 2.27. The van der Waals surface area contributed by atoms with Gasteiger partial charge in [0.25, 0.3) is 0 Å². The zero-order valence-corrected chi connectivity index (χ0v) is 21.3. The van der Waals surface area contributed by atoms with Crippen molar-refractivity contribution in [2.24, 2.45) is 11.8 Å². The molecule has 1 rings (SSSR count). The highest BCUT2D eigenvalue weighted by molar-refractivity contribution is 7.99. The van der Waals surface area contributed by atoms with Gasteiger partial charge in [0.05, 0.1) is 38.2 Å². The lowest BCUT2D eigenvalue weighted by Crippen LogP contribution is -2.50. The van der Waals surface area contributed by atoms with E-state index in [-0.39, 0.29) is 23.8 Å². The summed E-state index contributed by atoms with van der Waals surface area (Å²) < 4.78 is 10.5. The summed E-state index contributed by atoms with van der Waals surface area (Å²) in [6, 6.07) is 4.07. The Morgan fingerprint density at radius 1 is 1.09 bits per heavy atom. The highest BCUT2D eigenvalue weighted by Crippen LogP contribution is 2.24. The fraction of sp³-hybridized carbons (Fsp3) is 0.500. The Labute approximate surface area is 204 Å². The molecule has 0 spiro atoms. The minimum absolute atomic E-state index is 0.0336. The Morgan fingerprint density at radius 3 is 2.29 bits per heavy atom. The molecular formula is C24H34N2O7S. The summed E-state index contributed by atoms with van der Waals surface area (Å²) in [5.74, 6) is -1.13. The smallest absolute Gasteiger partial charge is 0.330 e. The van der Waals surface area contributed by atoms with E-state index in [0.717, 1.165) is 5.75 Å². The molecule has 1 aromatic carbocycles. The molecule has 0 aliphatic rings. The van der Waals surface area contributed by atoms with Crippen LogP contribution >= 0.6 is 11.8 Å². The van der Waals surface area contributed by atoms with E-state index in [9.17, 15) is 19.2 Å². The normalized spacial score (nSPS) is 12.3. The summed E-state index contributed by atoms with van der Waals surface area (Å²) in [5.41, 5.74) is 0.259. The standard InChI is InChI=1S/C24H34N2O7S/c1-14(2)12-34-13-19(27)18(11-22(29)30)25-24(31)23(15(3)4)26-21(28)10-16-9-17(32-5)7-8-20(16)33-6/h7-9,11,14-15,23H,10,12-13H2,1-6H3,(H,25,31)(H,26,28)(H,29,30)/t23-/m0/s1. The van der Waals surface area contributed by atoms with Crippen molar-refractivity contribution in [1.82, 2.24) is 10.6 Å². The predicted molar refractivity (Wildman–Crippen MR) is 131 cm³/mol. The number of Topliss-reactive ketones (excluding diaryl/α,β-unsaturated/α-hetero) is 1. The number of nitrogens with one attached hydrogen (secondary N) is 2. The van der Waals surface area contributed by atoms with Gasteiger partial charge in [0.15, 0.2) is 5.78 Å². The van der Waals surface area contributed by atoms with Gasteiger partial charge in [-0.3, -0.25) is 14.4 Å². The number of carboxylic acids is 1. The van der Waals surface area contributed by atoms with Crippen LogP contribution in [-0.2, 0) is 25.6 Å². The first-order valence-electron chi connectivity index (χ1n) is 10.8. The van der Waals surface area contributed by atoms with Gasteiger partial charge in [0.1, 0.15) is 17.5 Å². The average Bonchev–Trinajstić information content (AvgIpc) is 2.75. The third-order valence-corrected chi connectivity index (χ3v) is 5.98. The van der Waals surface area contributed by atoms with E-state index in [1.165, 1.54) is 26.0 Å². The minimum atomic E-state index is -1.35. The summed E-state index contributed by atoms with van der Waals surface area (Å²) in [4.78, 5) is 49.3. The van der Waals surface area contributed by atoms with Crippen LogP contribution in [0.3, 0.4) is 0 Å². The van der Waals surface area contributed by atoms with Crippen molar-refractivity contribution in [3.63, 3.8) is 0 Å². The molecule has 34 heavy (non-hydrogen) atoms. The number of carbonyl (C=O) groups is 4. The van der Waals surface area contributed by atoms with Crippen LogP contribution in [0.5, 0.6) is 11.5 Å². The number of ether oxygens (including phenoxy) is 2. The predicted octanol–water partition coefficient (Wildman–Crippen LogP) is 2.43. The van der Waals surface area contributed by atoms with Crippen molar-refractivity contribution in [2.45, 2.75) is 40.2 Å². The van der Waals surface area contributed by atoms with E-state index in [2.05, 4.69) is 10.6 Å². The molecule has 0 unspecified atom stereocenters. The number of hydrogen-bond donors (Lipinski definition) is 3. The SMILES string of the molecule is COc1ccc(OC)c(CC(=O)N[C@H](C(=O)NC(=CC(=O)O)C(=O)CSCC(C)C)C(C)C)c1. The molecule has 0 saturated carbocycles. The molecule has 10 heteroatoms. The third kappa shape index (κ3) is 9.86. The van der Waals surface area contributed by atoms with Gasteiger partial charge in [-0.05, 0) is 35.8 Å². The third-order valence-electron chi connectivity index (χ3n) is 4.61. The fourth-order valence-electron chi connectivity index (χ4n) is 2.94. The second kappa shape index (κ2) is 14.3. The Morgan fingerprint density at radius 2 is 1.76 bits per heavy atom. The monoisotopic (exact) mass is 494 g/mol. The van der Waals surface area contributed by atoms with E-state index >= 15 is 0 Å². The summed E-state index contributed by atoms with van der Waals surface area (Å²) in [7, 11) is 3.00. The number of benzene rings is 1. The number of rotatable bonds is 14. The van der Waals surface area contributed by atoms with Crippen LogP contribution < -0.4 is 20.1 Å². The first kappa shape index (κ1) is 29.0. The lowest BCUT2D eigenvalue weighted by Gasteiger charge is -2.22. The lowest BCUT2D eigenvalue weighted by molar-refractivity contribution is -0.132. The number of ketones is 1. The topological polar surface area (TPSA) is 131 Å². The maximum atomic E-state index is 12.9. The first-order valence-corrected chi connectivity index (χ1v) is 12.0. The molecule has 3 N–H and O–H groups in total. The van der Waals surface area contributed by atoms with Crippen LogP contribution in [0, 0.1) is 11.8 Å². The van der Waals surface area contributed by atoms with Crippen molar-refractivity contribution in [2.75, 3.05) is 25.7 Å². The van der Waals surface area contributed by atoms with Crippen LogP contribution in [0.4, 0.5) is 0 Å². The van der Waals surface area contributed by atoms with E-state index in [1.807, 2.05) is 13.8 Å². The number of thioether (sulfide) groups is 1. The van der Waals surface area contributed by atoms with Gasteiger partial charge in [0, 0.05) is 5.56 Å². The number of allylic oxidation sites excluding steroid dienone is 1. The number of amides is 2. The maximum absolute atomic E-state index is 12.9. The van der Waals surface area contributed by atoms with E-state index in [0.29, 0.717) is 29.1 Å². The molecule has 188 valence electrons. The number of methoxy groups -OCH3 is 2. The van der Waals surface area contributed by atoms with Gasteiger partial charge >= 0.3 is 5.97 Å². The van der Waals surface area contributed by atoms with Crippen LogP contribution in [0.15, 0.2) is 30.0 Å². The first-order chi connectivity index (χ1) is 16.0. The van der Waals surface area contributed by atoms with Gasteiger partial charge in [-0.2, -0.15) is 11.8 Å². The van der Waals surface area contributed by atoms with E-state index in [1.54, 1.807) is 32.0 Å². The number of carbonyl (C=O) groups excluding carboxylic acids is 3. The second-order valence-corrected chi connectivity index (χ2v) is 9.39. The Bertz CT molecular complexity index is 913. The molecular weight excluding hydrogens is 460 g/mol. The van der Waals surface area contributed by atoms with Crippen molar-refractivity contribution in [3.05, 3.63) is 35.5 Å². The fourth-order valence-corrected chi connectivity index (χ4v) is 3.87. The summed E-state index contributed by atoms with van der Waals surface area (Å²) in [6.45, 7) is 7.48. The van der Waals surface area contributed by atoms with Crippen molar-refractivity contribution in [1.29, 1.82) is 0 Å². The van der Waals surface area contributed by atoms with Gasteiger partial charge in [0.2, 0.25) is 11.8 Å². The van der Waals surface area contributed by atoms with Gasteiger partial charge < -0.3 is 25.2 Å². The van der Waals surface area contributed by atoms with Crippen molar-refractivity contribution in [3.8, 4) is 11.5 Å². The highest BCUT2D eigenvalue weighted by atomic mass is 32.2. The summed E-state index contributed by atoms with van der Waals surface area (Å²) in [5, 5.41) is 14.2. The second-order valence-electron chi connectivity index (χ2n) is 8.36. The maximum Gasteiger partial charge on any atom is 0.330 e. The molecule has 9 nitrogen and oxygen atoms in total. The molecule has 0 saturated heterocycles. The zero-order valence-electron chi connectivity index (χ0n) is 20.5. The van der Waals surface area contributed by atoms with Crippen LogP contribution in [-0.4, -0.2) is 60.4 Å². The Hall–Kier alpha value is -3.01. The molecule has 0 heterocycles. The quantitative estimate of drug-likeness (QED) is 0.336. The van der Waals surface area contributed by atoms with E-state index in [4.69, 9.17) is 14.6 Å². The minimum Gasteiger partial charge on any atom is -0.497 e. The molecule has 1 atom stereocenters. The molecule has 0 aliphatic heterocycles. The molecule has 0 radical (unpaired) electrons. The molecule has 0 bridgehead atoms. The largest absolute Gasteiger partial charge is 0.497 e. The molecule has 0 fully saturated rings. The van der Waals surface area contributed by atoms with Gasteiger partial charge in [-0.25, -0.2) is 4.79 Å². The lowest BCUT2D eigenvalue weighted by atomic mass is 10.0. The van der Waals surface area contributed by atoms with Crippen LogP contribution in [0.2, 0.25) is 0 Å². The number of aliphatic carboxylic acids is 1. The zero-order chi connectivity index (χ0) is 25.8. The molecule has 2 amide bonds. The van der Waals surface area contributed by atoms with Gasteiger partial charge in [-0.1, -0.05) is 27.7 Å².